The van der Waals surface area contributed by atoms with Gasteiger partial charge < -0.3 is 0 Å². The molecule has 2 heterocycles. The van der Waals surface area contributed by atoms with Crippen molar-refractivity contribution in [3.63, 3.8) is 0 Å². The number of rotatable bonds is 3. The number of hydrogen-bond donors (Lipinski definition) is 0. The van der Waals surface area contributed by atoms with E-state index in [1.807, 2.05) is 11.3 Å². The van der Waals surface area contributed by atoms with Crippen molar-refractivity contribution in [2.75, 3.05) is 0 Å². The largest absolute Gasteiger partial charge is 0.144 e. The summed E-state index contributed by atoms with van der Waals surface area (Å²) in [5.74, 6) is 0.622. The lowest BCUT2D eigenvalue weighted by Gasteiger charge is -1.91. The van der Waals surface area contributed by atoms with E-state index >= 15 is 0 Å². The average molecular weight is 234 g/mol. The molecule has 0 bridgehead atoms. The molecular weight excluding hydrogens is 220 g/mol. The van der Waals surface area contributed by atoms with Gasteiger partial charge in [-0.3, -0.25) is 0 Å². The zero-order valence-corrected chi connectivity index (χ0v) is 10.6. The quantitative estimate of drug-likeness (QED) is 0.689. The van der Waals surface area contributed by atoms with Crippen LogP contribution in [0.5, 0.6) is 0 Å². The van der Waals surface area contributed by atoms with Crippen molar-refractivity contribution in [2.45, 2.75) is 13.8 Å². The minimum Gasteiger partial charge on any atom is -0.144 e. The summed E-state index contributed by atoms with van der Waals surface area (Å²) in [7, 11) is 0. The molecule has 2 aromatic rings. The highest BCUT2D eigenvalue weighted by atomic mass is 32.1. The fourth-order valence-electron chi connectivity index (χ4n) is 1.30. The van der Waals surface area contributed by atoms with Gasteiger partial charge in [0.05, 0.1) is 0 Å². The second-order valence-corrected chi connectivity index (χ2v) is 5.71. The molecule has 15 heavy (non-hydrogen) atoms. The molecule has 0 aliphatic carbocycles. The molecule has 0 aliphatic heterocycles. The fraction of sp³-hybridized carbons (Fsp3) is 0.231. The Morgan fingerprint density at radius 2 is 2.13 bits per heavy atom. The van der Waals surface area contributed by atoms with Crippen molar-refractivity contribution in [3.05, 3.63) is 39.9 Å². The molecule has 2 heteroatoms. The van der Waals surface area contributed by atoms with Gasteiger partial charge in [-0.2, -0.15) is 0 Å². The Labute approximate surface area is 98.9 Å². The van der Waals surface area contributed by atoms with E-state index in [0.29, 0.717) is 5.92 Å². The van der Waals surface area contributed by atoms with Gasteiger partial charge in [0.2, 0.25) is 0 Å². The Bertz CT molecular complexity index is 433. The normalized spacial score (nSPS) is 11.7. The lowest BCUT2D eigenvalue weighted by molar-refractivity contribution is 0.836. The summed E-state index contributed by atoms with van der Waals surface area (Å²) in [6.07, 6.45) is 4.45. The highest BCUT2D eigenvalue weighted by Gasteiger charge is 2.00. The van der Waals surface area contributed by atoms with Crippen LogP contribution in [0.4, 0.5) is 0 Å². The minimum atomic E-state index is 0.622. The number of hydrogen-bond acceptors (Lipinski definition) is 2. The first-order valence-electron chi connectivity index (χ1n) is 5.06. The maximum Gasteiger partial charge on any atom is 0.0351 e. The fourth-order valence-corrected chi connectivity index (χ4v) is 2.90. The summed E-state index contributed by atoms with van der Waals surface area (Å²) in [5, 5.41) is 4.35. The van der Waals surface area contributed by atoms with Crippen molar-refractivity contribution in [1.29, 1.82) is 0 Å². The molecule has 0 amide bonds. The Morgan fingerprint density at radius 1 is 1.27 bits per heavy atom. The summed E-state index contributed by atoms with van der Waals surface area (Å²) in [6.45, 7) is 4.40. The van der Waals surface area contributed by atoms with Crippen LogP contribution in [0.25, 0.3) is 16.5 Å². The molecule has 0 N–H and O–H groups in total. The summed E-state index contributed by atoms with van der Waals surface area (Å²) < 4.78 is 0. The van der Waals surface area contributed by atoms with Crippen molar-refractivity contribution in [2.24, 2.45) is 5.92 Å². The van der Waals surface area contributed by atoms with Crippen LogP contribution in [0.3, 0.4) is 0 Å². The van der Waals surface area contributed by atoms with Gasteiger partial charge in [-0.25, -0.2) is 0 Å². The second-order valence-electron chi connectivity index (χ2n) is 3.82. The molecule has 0 atom stereocenters. The van der Waals surface area contributed by atoms with E-state index in [0.717, 1.165) is 0 Å². The zero-order valence-electron chi connectivity index (χ0n) is 8.94. The van der Waals surface area contributed by atoms with E-state index in [2.05, 4.69) is 55.0 Å². The third-order valence-electron chi connectivity index (χ3n) is 2.07. The van der Waals surface area contributed by atoms with E-state index < -0.39 is 0 Å². The Kier molecular flexibility index (Phi) is 3.39. The third kappa shape index (κ3) is 2.80. The molecule has 0 radical (unpaired) electrons. The topological polar surface area (TPSA) is 0 Å². The summed E-state index contributed by atoms with van der Waals surface area (Å²) >= 11 is 3.61. The lowest BCUT2D eigenvalue weighted by Crippen LogP contribution is -1.75. The van der Waals surface area contributed by atoms with Gasteiger partial charge in [-0.1, -0.05) is 26.0 Å². The SMILES string of the molecule is CC(C)/C=C/c1cc(-c2cccs2)cs1. The first kappa shape index (κ1) is 10.7. The monoisotopic (exact) mass is 234 g/mol. The van der Waals surface area contributed by atoms with Crippen molar-refractivity contribution in [1.82, 2.24) is 0 Å². The van der Waals surface area contributed by atoms with E-state index in [-0.39, 0.29) is 0 Å². The molecule has 0 saturated heterocycles. The molecule has 2 aromatic heterocycles. The van der Waals surface area contributed by atoms with Gasteiger partial charge >= 0.3 is 0 Å². The van der Waals surface area contributed by atoms with E-state index in [4.69, 9.17) is 0 Å². The second kappa shape index (κ2) is 4.77. The van der Waals surface area contributed by atoms with Gasteiger partial charge in [0.15, 0.2) is 0 Å². The van der Waals surface area contributed by atoms with Gasteiger partial charge in [0, 0.05) is 15.3 Å². The molecule has 0 fully saturated rings. The summed E-state index contributed by atoms with van der Waals surface area (Å²) in [4.78, 5) is 2.70. The van der Waals surface area contributed by atoms with Crippen LogP contribution < -0.4 is 0 Å². The summed E-state index contributed by atoms with van der Waals surface area (Å²) in [6, 6.07) is 6.53. The maximum absolute atomic E-state index is 2.26. The van der Waals surface area contributed by atoms with Crippen molar-refractivity contribution >= 4 is 28.7 Å². The predicted octanol–water partition coefficient (Wildman–Crippen LogP) is 5.15. The van der Waals surface area contributed by atoms with Crippen LogP contribution in [0.1, 0.15) is 18.7 Å². The van der Waals surface area contributed by atoms with Crippen molar-refractivity contribution < 1.29 is 0 Å². The first-order chi connectivity index (χ1) is 7.25. The zero-order chi connectivity index (χ0) is 10.7. The predicted molar refractivity (Wildman–Crippen MR) is 71.5 cm³/mol. The molecule has 0 aliphatic rings. The number of thiophene rings is 2. The van der Waals surface area contributed by atoms with E-state index in [1.54, 1.807) is 11.3 Å². The Hall–Kier alpha value is -0.860. The lowest BCUT2D eigenvalue weighted by atomic mass is 10.2. The van der Waals surface area contributed by atoms with Crippen LogP contribution in [0.15, 0.2) is 35.0 Å². The van der Waals surface area contributed by atoms with Gasteiger partial charge in [0.1, 0.15) is 0 Å². The average Bonchev–Trinajstić information content (AvgIpc) is 2.85. The highest BCUT2D eigenvalue weighted by Crippen LogP contribution is 2.29. The molecule has 0 saturated carbocycles. The molecule has 0 nitrogen and oxygen atoms in total. The van der Waals surface area contributed by atoms with Gasteiger partial charge in [-0.05, 0) is 34.9 Å². The highest BCUT2D eigenvalue weighted by molar-refractivity contribution is 7.15. The Morgan fingerprint density at radius 3 is 2.80 bits per heavy atom. The van der Waals surface area contributed by atoms with Crippen LogP contribution in [0, 0.1) is 5.92 Å². The van der Waals surface area contributed by atoms with Crippen LogP contribution in [0.2, 0.25) is 0 Å². The van der Waals surface area contributed by atoms with Gasteiger partial charge in [0.25, 0.3) is 0 Å². The summed E-state index contributed by atoms with van der Waals surface area (Å²) in [5.41, 5.74) is 1.35. The molecule has 78 valence electrons. The van der Waals surface area contributed by atoms with Crippen LogP contribution >= 0.6 is 22.7 Å². The smallest absolute Gasteiger partial charge is 0.0351 e. The molecule has 2 rings (SSSR count). The number of allylic oxidation sites excluding steroid dienone is 1. The van der Waals surface area contributed by atoms with E-state index in [9.17, 15) is 0 Å². The molecule has 0 aromatic carbocycles. The van der Waals surface area contributed by atoms with Gasteiger partial charge in [-0.15, -0.1) is 22.7 Å². The van der Waals surface area contributed by atoms with Crippen LogP contribution in [-0.2, 0) is 0 Å². The standard InChI is InChI=1S/C13H14S2/c1-10(2)5-6-12-8-11(9-15-12)13-4-3-7-14-13/h3-10H,1-2H3/b6-5+. The third-order valence-corrected chi connectivity index (χ3v) is 3.89. The minimum absolute atomic E-state index is 0.622. The van der Waals surface area contributed by atoms with Crippen LogP contribution in [-0.4, -0.2) is 0 Å². The molecular formula is C13H14S2. The molecule has 0 spiro atoms. The first-order valence-corrected chi connectivity index (χ1v) is 6.82. The van der Waals surface area contributed by atoms with Crippen molar-refractivity contribution in [3.8, 4) is 10.4 Å². The van der Waals surface area contributed by atoms with E-state index in [1.165, 1.54) is 15.3 Å². The molecule has 0 unspecified atom stereocenters. The Balaban J connectivity index is 2.18. The maximum atomic E-state index is 2.26.